The second-order valence-corrected chi connectivity index (χ2v) is 3.45. The molecule has 0 heterocycles. The molecule has 1 aromatic carbocycles. The first kappa shape index (κ1) is 16.6. The fraction of sp³-hybridized carbons (Fsp3) is 0.400. The summed E-state index contributed by atoms with van der Waals surface area (Å²) in [6, 6.07) is 3.36. The van der Waals surface area contributed by atoms with Crippen LogP contribution in [0.25, 0.3) is 0 Å². The monoisotopic (exact) mass is 302 g/mol. The largest absolute Gasteiger partial charge is 0.719 e. The van der Waals surface area contributed by atoms with Crippen molar-refractivity contribution in [3.63, 3.8) is 0 Å². The number of hydrogen-bond donors (Lipinski definition) is 0. The maximum atomic E-state index is 12.4. The van der Waals surface area contributed by atoms with Gasteiger partial charge < -0.3 is 9.31 Å². The van der Waals surface area contributed by atoms with Crippen molar-refractivity contribution in [1.29, 1.82) is 0 Å². The number of benzene rings is 1. The standard InChI is InChI=1S/C10H9BF6O3/c1-2-18-11(20-10(15,16)17)19-8-5-3-4-7(6-8)9(12,13)14/h3-6H,2H2,1H3. The summed E-state index contributed by atoms with van der Waals surface area (Å²) in [6.07, 6.45) is -9.67. The molecular formula is C10H9BF6O3. The average Bonchev–Trinajstić information content (AvgIpc) is 2.26. The Hall–Kier alpha value is -1.42. The van der Waals surface area contributed by atoms with E-state index in [0.29, 0.717) is 6.07 Å². The molecule has 20 heavy (non-hydrogen) atoms. The summed E-state index contributed by atoms with van der Waals surface area (Å²) >= 11 is 0. The van der Waals surface area contributed by atoms with Crippen LogP contribution in [0.5, 0.6) is 5.75 Å². The van der Waals surface area contributed by atoms with E-state index in [1.54, 1.807) is 0 Å². The molecule has 0 bridgehead atoms. The quantitative estimate of drug-likeness (QED) is 0.614. The molecule has 0 aliphatic rings. The van der Waals surface area contributed by atoms with Crippen LogP contribution < -0.4 is 4.65 Å². The molecule has 0 saturated carbocycles. The van der Waals surface area contributed by atoms with Gasteiger partial charge in [0.1, 0.15) is 5.75 Å². The van der Waals surface area contributed by atoms with E-state index in [1.165, 1.54) is 6.92 Å². The van der Waals surface area contributed by atoms with E-state index in [-0.39, 0.29) is 6.61 Å². The summed E-state index contributed by atoms with van der Waals surface area (Å²) in [6.45, 7) is 1.20. The molecule has 0 aromatic heterocycles. The van der Waals surface area contributed by atoms with E-state index in [1.807, 2.05) is 0 Å². The van der Waals surface area contributed by atoms with Crippen LogP contribution in [0.3, 0.4) is 0 Å². The molecule has 0 aliphatic heterocycles. The molecule has 0 amide bonds. The van der Waals surface area contributed by atoms with Gasteiger partial charge >= 0.3 is 19.9 Å². The molecule has 0 saturated heterocycles. The predicted octanol–water partition coefficient (Wildman–Crippen LogP) is 3.64. The molecule has 0 unspecified atom stereocenters. The van der Waals surface area contributed by atoms with Gasteiger partial charge in [-0.05, 0) is 25.1 Å². The molecule has 0 spiro atoms. The van der Waals surface area contributed by atoms with Crippen LogP contribution >= 0.6 is 0 Å². The molecule has 3 nitrogen and oxygen atoms in total. The number of hydrogen-bond acceptors (Lipinski definition) is 3. The maximum absolute atomic E-state index is 12.4. The van der Waals surface area contributed by atoms with Crippen molar-refractivity contribution in [2.45, 2.75) is 19.5 Å². The van der Waals surface area contributed by atoms with Crippen LogP contribution in [-0.2, 0) is 15.5 Å². The maximum Gasteiger partial charge on any atom is 0.719 e. The Morgan fingerprint density at radius 3 is 2.25 bits per heavy atom. The summed E-state index contributed by atoms with van der Waals surface area (Å²) in [4.78, 5) is 0. The zero-order chi connectivity index (χ0) is 15.4. The molecule has 10 heteroatoms. The molecule has 1 aromatic rings. The lowest BCUT2D eigenvalue weighted by atomic mass is 10.1. The van der Waals surface area contributed by atoms with E-state index in [2.05, 4.69) is 14.0 Å². The van der Waals surface area contributed by atoms with Crippen molar-refractivity contribution in [3.05, 3.63) is 29.8 Å². The highest BCUT2D eigenvalue weighted by molar-refractivity contribution is 6.37. The van der Waals surface area contributed by atoms with Gasteiger partial charge in [0.15, 0.2) is 0 Å². The predicted molar refractivity (Wildman–Crippen MR) is 56.6 cm³/mol. The third-order valence-electron chi connectivity index (χ3n) is 1.93. The Balaban J connectivity index is 2.83. The third kappa shape index (κ3) is 5.70. The fourth-order valence-electron chi connectivity index (χ4n) is 1.19. The second-order valence-electron chi connectivity index (χ2n) is 3.45. The molecule has 112 valence electrons. The van der Waals surface area contributed by atoms with Gasteiger partial charge in [-0.25, -0.2) is 0 Å². The van der Waals surface area contributed by atoms with E-state index in [4.69, 9.17) is 0 Å². The summed E-state index contributed by atoms with van der Waals surface area (Å²) in [5.41, 5.74) is -1.06. The topological polar surface area (TPSA) is 27.7 Å². The second kappa shape index (κ2) is 6.36. The normalized spacial score (nSPS) is 12.3. The Bertz CT molecular complexity index is 434. The average molecular weight is 302 g/mol. The molecule has 0 atom stereocenters. The lowest BCUT2D eigenvalue weighted by Gasteiger charge is -2.16. The van der Waals surface area contributed by atoms with Gasteiger partial charge in [0, 0.05) is 6.61 Å². The highest BCUT2D eigenvalue weighted by Crippen LogP contribution is 2.31. The van der Waals surface area contributed by atoms with Gasteiger partial charge in [-0.1, -0.05) is 6.07 Å². The first-order valence-electron chi connectivity index (χ1n) is 5.32. The zero-order valence-electron chi connectivity index (χ0n) is 10.1. The summed E-state index contributed by atoms with van der Waals surface area (Å²) in [7, 11) is -2.18. The Kier molecular flexibility index (Phi) is 5.29. The Morgan fingerprint density at radius 2 is 1.75 bits per heavy atom. The molecule has 1 rings (SSSR count). The molecule has 0 N–H and O–H groups in total. The van der Waals surface area contributed by atoms with Gasteiger partial charge in [0.05, 0.1) is 5.56 Å². The summed E-state index contributed by atoms with van der Waals surface area (Å²) in [5.74, 6) is -0.456. The lowest BCUT2D eigenvalue weighted by molar-refractivity contribution is -0.289. The van der Waals surface area contributed by atoms with Gasteiger partial charge in [0.2, 0.25) is 0 Å². The molecular weight excluding hydrogens is 293 g/mol. The molecule has 0 fully saturated rings. The van der Waals surface area contributed by atoms with Gasteiger partial charge in [-0.3, -0.25) is 4.65 Å². The SMILES string of the molecule is CCOB(Oc1cccc(C(F)(F)F)c1)OC(F)(F)F. The van der Waals surface area contributed by atoms with Crippen molar-refractivity contribution in [2.24, 2.45) is 0 Å². The lowest BCUT2D eigenvalue weighted by Crippen LogP contribution is -2.36. The van der Waals surface area contributed by atoms with Crippen molar-refractivity contribution in [2.75, 3.05) is 6.61 Å². The smallest absolute Gasteiger partial charge is 0.512 e. The van der Waals surface area contributed by atoms with Gasteiger partial charge in [-0.2, -0.15) is 13.2 Å². The first-order chi connectivity index (χ1) is 9.12. The highest BCUT2D eigenvalue weighted by Gasteiger charge is 2.41. The minimum Gasteiger partial charge on any atom is -0.512 e. The van der Waals surface area contributed by atoms with E-state index in [0.717, 1.165) is 18.2 Å². The minimum absolute atomic E-state index is 0.181. The first-order valence-corrected chi connectivity index (χ1v) is 5.32. The van der Waals surface area contributed by atoms with Crippen molar-refractivity contribution in [1.82, 2.24) is 0 Å². The van der Waals surface area contributed by atoms with E-state index < -0.39 is 31.2 Å². The van der Waals surface area contributed by atoms with E-state index >= 15 is 0 Å². The van der Waals surface area contributed by atoms with Crippen molar-refractivity contribution < 1.29 is 40.3 Å². The van der Waals surface area contributed by atoms with Crippen LogP contribution in [0, 0.1) is 0 Å². The summed E-state index contributed by atoms with van der Waals surface area (Å²) < 4.78 is 86.0. The molecule has 0 radical (unpaired) electrons. The summed E-state index contributed by atoms with van der Waals surface area (Å²) in [5, 5.41) is 0. The van der Waals surface area contributed by atoms with Crippen molar-refractivity contribution >= 4 is 7.32 Å². The molecule has 0 aliphatic carbocycles. The number of halogens is 6. The Labute approximate surface area is 110 Å². The van der Waals surface area contributed by atoms with Crippen LogP contribution in [0.2, 0.25) is 0 Å². The zero-order valence-corrected chi connectivity index (χ0v) is 10.1. The fourth-order valence-corrected chi connectivity index (χ4v) is 1.19. The Morgan fingerprint density at radius 1 is 1.10 bits per heavy atom. The van der Waals surface area contributed by atoms with Crippen LogP contribution in [0.4, 0.5) is 26.3 Å². The van der Waals surface area contributed by atoms with Gasteiger partial charge in [-0.15, -0.1) is 13.2 Å². The highest BCUT2D eigenvalue weighted by atomic mass is 19.4. The van der Waals surface area contributed by atoms with E-state index in [9.17, 15) is 26.3 Å². The number of rotatable bonds is 5. The third-order valence-corrected chi connectivity index (χ3v) is 1.93. The van der Waals surface area contributed by atoms with Crippen LogP contribution in [-0.4, -0.2) is 20.3 Å². The van der Waals surface area contributed by atoms with Crippen LogP contribution in [0.1, 0.15) is 12.5 Å². The van der Waals surface area contributed by atoms with Crippen molar-refractivity contribution in [3.8, 4) is 5.75 Å². The number of alkyl halides is 6. The van der Waals surface area contributed by atoms with Crippen LogP contribution in [0.15, 0.2) is 24.3 Å². The minimum atomic E-state index is -5.04. The van der Waals surface area contributed by atoms with Gasteiger partial charge in [0.25, 0.3) is 0 Å².